The van der Waals surface area contributed by atoms with E-state index in [9.17, 15) is 9.90 Å². The molecular formula is C17H24O3. The summed E-state index contributed by atoms with van der Waals surface area (Å²) in [6.07, 6.45) is 4.55. The number of carbonyl (C=O) groups is 1. The summed E-state index contributed by atoms with van der Waals surface area (Å²) in [7, 11) is 0. The van der Waals surface area contributed by atoms with Crippen molar-refractivity contribution in [1.82, 2.24) is 0 Å². The van der Waals surface area contributed by atoms with Crippen LogP contribution in [0.25, 0.3) is 0 Å². The van der Waals surface area contributed by atoms with Crippen molar-refractivity contribution in [3.05, 3.63) is 35.9 Å². The van der Waals surface area contributed by atoms with Crippen molar-refractivity contribution < 1.29 is 14.6 Å². The summed E-state index contributed by atoms with van der Waals surface area (Å²) in [5.41, 5.74) is 0.575. The number of aliphatic hydroxyl groups is 1. The Kier molecular flexibility index (Phi) is 5.18. The molecule has 0 unspecified atom stereocenters. The molecule has 3 heteroatoms. The van der Waals surface area contributed by atoms with Crippen molar-refractivity contribution in [3.8, 4) is 0 Å². The lowest BCUT2D eigenvalue weighted by atomic mass is 9.75. The molecule has 0 aliphatic heterocycles. The minimum absolute atomic E-state index is 0.106. The zero-order chi connectivity index (χ0) is 14.4. The molecule has 1 aliphatic rings. The fourth-order valence-corrected chi connectivity index (χ4v) is 3.03. The number of esters is 1. The Balaban J connectivity index is 1.82. The van der Waals surface area contributed by atoms with Gasteiger partial charge in [0, 0.05) is 12.8 Å². The van der Waals surface area contributed by atoms with Crippen LogP contribution in [0.1, 0.15) is 44.6 Å². The summed E-state index contributed by atoms with van der Waals surface area (Å²) in [6.45, 7) is 2.28. The molecule has 1 aliphatic carbocycles. The Hall–Kier alpha value is -1.35. The number of benzene rings is 1. The predicted octanol–water partition coefficient (Wildman–Crippen LogP) is 3.10. The first-order chi connectivity index (χ1) is 9.61. The molecule has 3 nitrogen and oxygen atoms in total. The van der Waals surface area contributed by atoms with Gasteiger partial charge in [-0.2, -0.15) is 0 Å². The lowest BCUT2D eigenvalue weighted by Gasteiger charge is -2.36. The van der Waals surface area contributed by atoms with Crippen molar-refractivity contribution in [3.63, 3.8) is 0 Å². The minimum atomic E-state index is -0.605. The molecule has 1 fully saturated rings. The molecule has 2 rings (SSSR count). The van der Waals surface area contributed by atoms with E-state index < -0.39 is 5.60 Å². The standard InChI is InChI=1S/C17H24O3/c1-2-20-16(18)12-14-8-10-17(19,11-9-14)13-15-6-4-3-5-7-15/h3-7,14,19H,2,8-13H2,1H3. The van der Waals surface area contributed by atoms with Crippen molar-refractivity contribution in [2.45, 2.75) is 51.0 Å². The molecule has 1 aromatic carbocycles. The SMILES string of the molecule is CCOC(=O)CC1CCC(O)(Cc2ccccc2)CC1. The number of rotatable bonds is 5. The Morgan fingerprint density at radius 1 is 1.30 bits per heavy atom. The van der Waals surface area contributed by atoms with Crippen LogP contribution in [0.4, 0.5) is 0 Å². The summed E-state index contributed by atoms with van der Waals surface area (Å²) in [6, 6.07) is 10.1. The van der Waals surface area contributed by atoms with E-state index in [1.807, 2.05) is 25.1 Å². The zero-order valence-electron chi connectivity index (χ0n) is 12.2. The van der Waals surface area contributed by atoms with Crippen LogP contribution in [-0.2, 0) is 16.0 Å². The summed E-state index contributed by atoms with van der Waals surface area (Å²) in [5, 5.41) is 10.7. The molecule has 1 N–H and O–H groups in total. The van der Waals surface area contributed by atoms with Crippen LogP contribution in [0.3, 0.4) is 0 Å². The van der Waals surface area contributed by atoms with Gasteiger partial charge in [-0.25, -0.2) is 0 Å². The Bertz CT molecular complexity index is 419. The molecule has 0 heterocycles. The molecule has 0 atom stereocenters. The molecule has 0 saturated heterocycles. The fourth-order valence-electron chi connectivity index (χ4n) is 3.03. The smallest absolute Gasteiger partial charge is 0.306 e. The van der Waals surface area contributed by atoms with Crippen LogP contribution in [-0.4, -0.2) is 23.3 Å². The van der Waals surface area contributed by atoms with E-state index in [2.05, 4.69) is 12.1 Å². The van der Waals surface area contributed by atoms with Gasteiger partial charge in [0.25, 0.3) is 0 Å². The summed E-state index contributed by atoms with van der Waals surface area (Å²) in [4.78, 5) is 11.5. The normalized spacial score (nSPS) is 26.2. The first kappa shape index (κ1) is 15.0. The predicted molar refractivity (Wildman–Crippen MR) is 78.3 cm³/mol. The third kappa shape index (κ3) is 4.34. The second-order valence-electron chi connectivity index (χ2n) is 5.84. The van der Waals surface area contributed by atoms with E-state index in [1.165, 1.54) is 5.56 Å². The Labute approximate surface area is 121 Å². The molecule has 110 valence electrons. The third-order valence-corrected chi connectivity index (χ3v) is 4.17. The molecule has 0 radical (unpaired) electrons. The van der Waals surface area contributed by atoms with Crippen molar-refractivity contribution in [2.24, 2.45) is 5.92 Å². The third-order valence-electron chi connectivity index (χ3n) is 4.17. The van der Waals surface area contributed by atoms with E-state index in [1.54, 1.807) is 0 Å². The van der Waals surface area contributed by atoms with E-state index in [-0.39, 0.29) is 5.97 Å². The summed E-state index contributed by atoms with van der Waals surface area (Å²) < 4.78 is 4.99. The Morgan fingerprint density at radius 2 is 1.95 bits per heavy atom. The highest BCUT2D eigenvalue weighted by Crippen LogP contribution is 2.36. The highest BCUT2D eigenvalue weighted by atomic mass is 16.5. The number of ether oxygens (including phenoxy) is 1. The molecule has 0 bridgehead atoms. The molecule has 0 spiro atoms. The quantitative estimate of drug-likeness (QED) is 0.841. The van der Waals surface area contributed by atoms with Gasteiger partial charge in [0.1, 0.15) is 0 Å². The van der Waals surface area contributed by atoms with Crippen molar-refractivity contribution in [1.29, 1.82) is 0 Å². The molecule has 1 aromatic rings. The number of carbonyl (C=O) groups excluding carboxylic acids is 1. The van der Waals surface area contributed by atoms with Gasteiger partial charge in [0.2, 0.25) is 0 Å². The van der Waals surface area contributed by atoms with Gasteiger partial charge >= 0.3 is 5.97 Å². The largest absolute Gasteiger partial charge is 0.466 e. The van der Waals surface area contributed by atoms with Crippen LogP contribution < -0.4 is 0 Å². The van der Waals surface area contributed by atoms with E-state index in [4.69, 9.17) is 4.74 Å². The van der Waals surface area contributed by atoms with E-state index in [0.29, 0.717) is 25.4 Å². The van der Waals surface area contributed by atoms with Gasteiger partial charge < -0.3 is 9.84 Å². The van der Waals surface area contributed by atoms with Gasteiger partial charge in [-0.05, 0) is 44.1 Å². The molecule has 1 saturated carbocycles. The topological polar surface area (TPSA) is 46.5 Å². The van der Waals surface area contributed by atoms with Gasteiger partial charge in [0.05, 0.1) is 12.2 Å². The highest BCUT2D eigenvalue weighted by Gasteiger charge is 2.34. The first-order valence-corrected chi connectivity index (χ1v) is 7.53. The van der Waals surface area contributed by atoms with Crippen LogP contribution in [0.5, 0.6) is 0 Å². The zero-order valence-corrected chi connectivity index (χ0v) is 12.2. The maximum atomic E-state index is 11.5. The maximum Gasteiger partial charge on any atom is 0.306 e. The number of hydrogen-bond donors (Lipinski definition) is 1. The average molecular weight is 276 g/mol. The Morgan fingerprint density at radius 3 is 2.55 bits per heavy atom. The minimum Gasteiger partial charge on any atom is -0.466 e. The molecule has 0 aromatic heterocycles. The molecule has 20 heavy (non-hydrogen) atoms. The lowest BCUT2D eigenvalue weighted by molar-refractivity contribution is -0.145. The van der Waals surface area contributed by atoms with Crippen LogP contribution in [0, 0.1) is 5.92 Å². The maximum absolute atomic E-state index is 11.5. The van der Waals surface area contributed by atoms with Gasteiger partial charge in [-0.15, -0.1) is 0 Å². The van der Waals surface area contributed by atoms with E-state index in [0.717, 1.165) is 25.7 Å². The molecular weight excluding hydrogens is 252 g/mol. The van der Waals surface area contributed by atoms with Crippen molar-refractivity contribution >= 4 is 5.97 Å². The lowest BCUT2D eigenvalue weighted by Crippen LogP contribution is -2.36. The fraction of sp³-hybridized carbons (Fsp3) is 0.588. The number of hydrogen-bond acceptors (Lipinski definition) is 3. The van der Waals surface area contributed by atoms with Crippen LogP contribution in [0.15, 0.2) is 30.3 Å². The average Bonchev–Trinajstić information content (AvgIpc) is 2.43. The highest BCUT2D eigenvalue weighted by molar-refractivity contribution is 5.69. The van der Waals surface area contributed by atoms with Gasteiger partial charge in [0.15, 0.2) is 0 Å². The second kappa shape index (κ2) is 6.89. The van der Waals surface area contributed by atoms with Gasteiger partial charge in [-0.3, -0.25) is 4.79 Å². The molecule has 0 amide bonds. The monoisotopic (exact) mass is 276 g/mol. The second-order valence-corrected chi connectivity index (χ2v) is 5.84. The van der Waals surface area contributed by atoms with Gasteiger partial charge in [-0.1, -0.05) is 30.3 Å². The van der Waals surface area contributed by atoms with E-state index >= 15 is 0 Å². The van der Waals surface area contributed by atoms with Crippen LogP contribution in [0.2, 0.25) is 0 Å². The summed E-state index contributed by atoms with van der Waals surface area (Å²) >= 11 is 0. The van der Waals surface area contributed by atoms with Crippen LogP contribution >= 0.6 is 0 Å². The van der Waals surface area contributed by atoms with Crippen molar-refractivity contribution in [2.75, 3.05) is 6.61 Å². The first-order valence-electron chi connectivity index (χ1n) is 7.53. The summed E-state index contributed by atoms with van der Waals surface area (Å²) in [5.74, 6) is 0.260.